The zero-order valence-electron chi connectivity index (χ0n) is 13.1. The van der Waals surface area contributed by atoms with Crippen molar-refractivity contribution in [2.75, 3.05) is 19.8 Å². The van der Waals surface area contributed by atoms with Crippen LogP contribution in [0.1, 0.15) is 12.8 Å². The number of amides is 1. The standard InChI is InChI=1S/C16H21N4O3/c1-19-12-14(11-18-19)13-4-2-5-15(10-13)23-9-7-20(17)16(22)6-3-8-21/h4-5,10-12,21H,3,6-9,17H2,1H3. The lowest BCUT2D eigenvalue weighted by molar-refractivity contribution is -0.132. The monoisotopic (exact) mass is 317 g/mol. The molecule has 0 spiro atoms. The number of nitrogens with two attached hydrogens (primary N) is 1. The Bertz CT molecular complexity index is 642. The third kappa shape index (κ3) is 5.08. The van der Waals surface area contributed by atoms with E-state index in [0.29, 0.717) is 12.2 Å². The Morgan fingerprint density at radius 2 is 2.30 bits per heavy atom. The summed E-state index contributed by atoms with van der Waals surface area (Å²) in [5, 5.41) is 13.9. The van der Waals surface area contributed by atoms with Crippen LogP contribution >= 0.6 is 0 Å². The molecule has 0 aliphatic heterocycles. The quantitative estimate of drug-likeness (QED) is 0.425. The molecule has 0 aliphatic carbocycles. The van der Waals surface area contributed by atoms with Crippen LogP contribution in [-0.2, 0) is 11.8 Å². The lowest BCUT2D eigenvalue weighted by Gasteiger charge is -2.16. The van der Waals surface area contributed by atoms with Gasteiger partial charge in [0.2, 0.25) is 5.91 Å². The molecule has 7 nitrogen and oxygen atoms in total. The number of nitrogens with zero attached hydrogens (tertiary/aromatic N) is 3. The molecule has 123 valence electrons. The fourth-order valence-corrected chi connectivity index (χ4v) is 2.03. The van der Waals surface area contributed by atoms with E-state index >= 15 is 0 Å². The molecule has 0 saturated heterocycles. The molecule has 7 heteroatoms. The molecule has 0 bridgehead atoms. The van der Waals surface area contributed by atoms with Crippen molar-refractivity contribution in [2.45, 2.75) is 12.8 Å². The Balaban J connectivity index is 1.85. The van der Waals surface area contributed by atoms with Crippen molar-refractivity contribution < 1.29 is 14.6 Å². The number of aromatic nitrogens is 2. The molecule has 0 unspecified atom stereocenters. The Labute approximate surface area is 135 Å². The molecule has 23 heavy (non-hydrogen) atoms. The number of hydrogen-bond acceptors (Lipinski definition) is 5. The summed E-state index contributed by atoms with van der Waals surface area (Å²) in [6.07, 6.45) is 4.33. The highest BCUT2D eigenvalue weighted by Crippen LogP contribution is 2.22. The van der Waals surface area contributed by atoms with Gasteiger partial charge in [-0.3, -0.25) is 14.5 Å². The molecule has 0 saturated carbocycles. The maximum absolute atomic E-state index is 11.6. The maximum Gasteiger partial charge on any atom is 0.236 e. The van der Waals surface area contributed by atoms with Crippen molar-refractivity contribution >= 4 is 5.91 Å². The first-order chi connectivity index (χ1) is 11.1. The van der Waals surface area contributed by atoms with Crippen molar-refractivity contribution in [3.63, 3.8) is 0 Å². The van der Waals surface area contributed by atoms with E-state index in [4.69, 9.17) is 15.7 Å². The summed E-state index contributed by atoms with van der Waals surface area (Å²) in [6.45, 7) is 0.542. The molecule has 2 rings (SSSR count). The number of benzene rings is 1. The van der Waals surface area contributed by atoms with Gasteiger partial charge in [-0.25, -0.2) is 5.84 Å². The van der Waals surface area contributed by atoms with Gasteiger partial charge in [-0.2, -0.15) is 5.10 Å². The Kier molecular flexibility index (Phi) is 6.13. The smallest absolute Gasteiger partial charge is 0.236 e. The molecule has 1 heterocycles. The van der Waals surface area contributed by atoms with E-state index in [1.807, 2.05) is 25.4 Å². The summed E-state index contributed by atoms with van der Waals surface area (Å²) >= 11 is 0. The van der Waals surface area contributed by atoms with Gasteiger partial charge in [-0.05, 0) is 36.2 Å². The molecule has 2 aromatic rings. The molecule has 0 fully saturated rings. The van der Waals surface area contributed by atoms with Crippen LogP contribution in [0.4, 0.5) is 0 Å². The Hall–Kier alpha value is -2.38. The largest absolute Gasteiger partial charge is 0.492 e. The molecule has 3 N–H and O–H groups in total. The van der Waals surface area contributed by atoms with E-state index in [1.54, 1.807) is 16.9 Å². The molecule has 0 atom stereocenters. The van der Waals surface area contributed by atoms with E-state index in [-0.39, 0.29) is 32.1 Å². The van der Waals surface area contributed by atoms with E-state index in [2.05, 4.69) is 11.2 Å². The average molecular weight is 317 g/mol. The van der Waals surface area contributed by atoms with Gasteiger partial charge in [0.05, 0.1) is 12.7 Å². The van der Waals surface area contributed by atoms with Gasteiger partial charge in [0.25, 0.3) is 0 Å². The van der Waals surface area contributed by atoms with Gasteiger partial charge in [-0.15, -0.1) is 0 Å². The van der Waals surface area contributed by atoms with E-state index in [9.17, 15) is 4.79 Å². The van der Waals surface area contributed by atoms with Gasteiger partial charge in [0, 0.05) is 31.8 Å². The van der Waals surface area contributed by atoms with Gasteiger partial charge in [0.1, 0.15) is 12.4 Å². The number of hydrazine groups is 1. The predicted molar refractivity (Wildman–Crippen MR) is 85.2 cm³/mol. The maximum atomic E-state index is 11.6. The number of aliphatic hydroxyl groups is 1. The van der Waals surface area contributed by atoms with Crippen molar-refractivity contribution in [3.8, 4) is 16.9 Å². The predicted octanol–water partition coefficient (Wildman–Crippen LogP) is 0.741. The minimum Gasteiger partial charge on any atom is -0.492 e. The molecular formula is C16H21N4O3. The minimum absolute atomic E-state index is 0.0208. The van der Waals surface area contributed by atoms with E-state index in [0.717, 1.165) is 16.1 Å². The Morgan fingerprint density at radius 1 is 1.48 bits per heavy atom. The first-order valence-corrected chi connectivity index (χ1v) is 7.39. The fraction of sp³-hybridized carbons (Fsp3) is 0.375. The number of carbonyl (C=O) groups is 1. The number of aliphatic hydroxyl groups excluding tert-OH is 1. The zero-order valence-corrected chi connectivity index (χ0v) is 13.1. The van der Waals surface area contributed by atoms with Crippen LogP contribution in [0.2, 0.25) is 0 Å². The van der Waals surface area contributed by atoms with Crippen LogP contribution in [0.15, 0.2) is 30.6 Å². The second kappa shape index (κ2) is 8.30. The second-order valence-electron chi connectivity index (χ2n) is 5.12. The number of carbonyl (C=O) groups excluding carboxylic acids is 1. The molecule has 1 aromatic carbocycles. The van der Waals surface area contributed by atoms with Crippen LogP contribution in [-0.4, -0.2) is 45.6 Å². The first kappa shape index (κ1) is 17.0. The number of aryl methyl sites for hydroxylation is 1. The average Bonchev–Trinajstić information content (AvgIpc) is 2.99. The summed E-state index contributed by atoms with van der Waals surface area (Å²) in [5.41, 5.74) is 1.94. The lowest BCUT2D eigenvalue weighted by atomic mass is 10.1. The molecule has 1 aromatic heterocycles. The number of rotatable bonds is 8. The highest BCUT2D eigenvalue weighted by molar-refractivity contribution is 5.75. The van der Waals surface area contributed by atoms with Crippen LogP contribution < -0.4 is 10.6 Å². The summed E-state index contributed by atoms with van der Waals surface area (Å²) in [5.74, 6) is 6.09. The van der Waals surface area contributed by atoms with Gasteiger partial charge in [-0.1, -0.05) is 0 Å². The topological polar surface area (TPSA) is 93.6 Å². The minimum atomic E-state index is -0.210. The lowest BCUT2D eigenvalue weighted by Crippen LogP contribution is -2.40. The third-order valence-electron chi connectivity index (χ3n) is 3.27. The number of hydrogen-bond donors (Lipinski definition) is 2. The molecule has 1 amide bonds. The fourth-order valence-electron chi connectivity index (χ4n) is 2.03. The van der Waals surface area contributed by atoms with Gasteiger partial charge < -0.3 is 9.84 Å². The van der Waals surface area contributed by atoms with E-state index in [1.165, 1.54) is 0 Å². The van der Waals surface area contributed by atoms with Crippen LogP contribution in [0.5, 0.6) is 5.75 Å². The van der Waals surface area contributed by atoms with Crippen molar-refractivity contribution in [2.24, 2.45) is 12.9 Å². The molecule has 1 radical (unpaired) electrons. The van der Waals surface area contributed by atoms with Gasteiger partial charge >= 0.3 is 0 Å². The normalized spacial score (nSPS) is 10.6. The van der Waals surface area contributed by atoms with E-state index < -0.39 is 0 Å². The van der Waals surface area contributed by atoms with Crippen molar-refractivity contribution in [1.82, 2.24) is 14.8 Å². The summed E-state index contributed by atoms with van der Waals surface area (Å²) in [4.78, 5) is 11.6. The third-order valence-corrected chi connectivity index (χ3v) is 3.27. The van der Waals surface area contributed by atoms with Gasteiger partial charge in [0.15, 0.2) is 0 Å². The molecular weight excluding hydrogens is 296 g/mol. The summed E-state index contributed by atoms with van der Waals surface area (Å²) < 4.78 is 7.35. The highest BCUT2D eigenvalue weighted by Gasteiger charge is 2.09. The first-order valence-electron chi connectivity index (χ1n) is 7.39. The van der Waals surface area contributed by atoms with Crippen LogP contribution in [0.25, 0.3) is 11.1 Å². The second-order valence-corrected chi connectivity index (χ2v) is 5.12. The van der Waals surface area contributed by atoms with Crippen molar-refractivity contribution in [1.29, 1.82) is 0 Å². The SMILES string of the molecule is Cn1cc(-c2c[c]cc(OCCN(N)C(=O)CCCO)c2)cn1. The van der Waals surface area contributed by atoms with Crippen molar-refractivity contribution in [3.05, 3.63) is 36.7 Å². The highest BCUT2D eigenvalue weighted by atomic mass is 16.5. The Morgan fingerprint density at radius 3 is 3.00 bits per heavy atom. The van der Waals surface area contributed by atoms with Crippen LogP contribution in [0, 0.1) is 6.07 Å². The number of ether oxygens (including phenoxy) is 1. The summed E-state index contributed by atoms with van der Waals surface area (Å²) in [7, 11) is 1.86. The zero-order chi connectivity index (χ0) is 16.7. The molecule has 0 aliphatic rings. The van der Waals surface area contributed by atoms with Crippen LogP contribution in [0.3, 0.4) is 0 Å². The summed E-state index contributed by atoms with van der Waals surface area (Å²) in [6, 6.07) is 8.50.